The highest BCUT2D eigenvalue weighted by Gasteiger charge is 2.48. The van der Waals surface area contributed by atoms with Crippen molar-refractivity contribution in [1.29, 1.82) is 0 Å². The van der Waals surface area contributed by atoms with Crippen LogP contribution in [0.15, 0.2) is 188 Å². The van der Waals surface area contributed by atoms with Gasteiger partial charge >= 0.3 is 0 Å². The van der Waals surface area contributed by atoms with Crippen LogP contribution in [-0.4, -0.2) is 0 Å². The molecule has 0 radical (unpaired) electrons. The summed E-state index contributed by atoms with van der Waals surface area (Å²) < 4.78 is 16.3. The van der Waals surface area contributed by atoms with Crippen molar-refractivity contribution >= 4 is 48.6 Å². The molecule has 9 aromatic rings. The van der Waals surface area contributed by atoms with E-state index in [1.54, 1.807) is 0 Å². The number of hydrogen-bond acceptors (Lipinski definition) is 4. The van der Waals surface area contributed by atoms with Crippen LogP contribution in [0.1, 0.15) is 22.3 Å². The summed E-state index contributed by atoms with van der Waals surface area (Å²) in [6.07, 6.45) is 0. The number of para-hydroxylation sites is 1. The van der Waals surface area contributed by atoms with E-state index in [1.165, 1.54) is 42.4 Å². The second-order valence-electron chi connectivity index (χ2n) is 13.6. The number of ether oxygens (including phenoxy) is 2. The van der Waals surface area contributed by atoms with E-state index in [1.807, 2.05) is 11.3 Å². The Balaban J connectivity index is 1.07. The first-order valence-corrected chi connectivity index (χ1v) is 18.7. The van der Waals surface area contributed by atoms with Crippen LogP contribution in [0.2, 0.25) is 0 Å². The normalized spacial score (nSPS) is 13.4. The van der Waals surface area contributed by atoms with E-state index in [4.69, 9.17) is 9.47 Å². The van der Waals surface area contributed by atoms with Crippen LogP contribution in [0.4, 0.5) is 17.1 Å². The van der Waals surface area contributed by atoms with Crippen molar-refractivity contribution in [2.75, 3.05) is 4.90 Å². The summed E-state index contributed by atoms with van der Waals surface area (Å²) in [7, 11) is 0. The summed E-state index contributed by atoms with van der Waals surface area (Å²) >= 11 is 1.83. The van der Waals surface area contributed by atoms with Crippen molar-refractivity contribution in [3.8, 4) is 34.1 Å². The molecule has 0 unspecified atom stereocenters. The van der Waals surface area contributed by atoms with Crippen molar-refractivity contribution in [1.82, 2.24) is 0 Å². The lowest BCUT2D eigenvalue weighted by Gasteiger charge is -2.34. The molecule has 1 aliphatic heterocycles. The standard InChI is InChI=1S/C49H31NO2S/c1-4-15-32(16-5-1)49(33-17-6-2-7-18-33)39-24-12-10-22-38(39)46-40(49)28-30-43-47(46)52-42-29-27-35(31-44(42)51-43)50(34-19-8-3-9-20-34)41-25-14-23-37-36-21-11-13-26-45(36)53-48(37)41/h1-31H. The van der Waals surface area contributed by atoms with Gasteiger partial charge in [-0.3, -0.25) is 0 Å². The second kappa shape index (κ2) is 11.7. The lowest BCUT2D eigenvalue weighted by molar-refractivity contribution is 0.360. The molecule has 2 heterocycles. The Kier molecular flexibility index (Phi) is 6.64. The topological polar surface area (TPSA) is 21.7 Å². The predicted octanol–water partition coefficient (Wildman–Crippen LogP) is 13.8. The molecule has 1 aromatic heterocycles. The smallest absolute Gasteiger partial charge is 0.178 e. The number of thiophene rings is 1. The molecule has 1 aliphatic carbocycles. The maximum Gasteiger partial charge on any atom is 0.178 e. The minimum Gasteiger partial charge on any atom is -0.449 e. The van der Waals surface area contributed by atoms with Gasteiger partial charge in [0.05, 0.1) is 21.5 Å². The van der Waals surface area contributed by atoms with E-state index >= 15 is 0 Å². The molecule has 250 valence electrons. The van der Waals surface area contributed by atoms with Crippen LogP contribution >= 0.6 is 11.3 Å². The van der Waals surface area contributed by atoms with Crippen molar-refractivity contribution in [3.63, 3.8) is 0 Å². The Hall–Kier alpha value is -6.62. The van der Waals surface area contributed by atoms with Gasteiger partial charge in [0.25, 0.3) is 0 Å². The van der Waals surface area contributed by atoms with Gasteiger partial charge in [-0.2, -0.15) is 0 Å². The zero-order chi connectivity index (χ0) is 34.9. The minimum absolute atomic E-state index is 0.513. The molecule has 0 bridgehead atoms. The highest BCUT2D eigenvalue weighted by atomic mass is 32.1. The lowest BCUT2D eigenvalue weighted by atomic mass is 9.68. The van der Waals surface area contributed by atoms with E-state index in [-0.39, 0.29) is 0 Å². The lowest BCUT2D eigenvalue weighted by Crippen LogP contribution is -2.28. The molecular weight excluding hydrogens is 667 g/mol. The predicted molar refractivity (Wildman–Crippen MR) is 218 cm³/mol. The fraction of sp³-hybridized carbons (Fsp3) is 0.0204. The van der Waals surface area contributed by atoms with Crippen LogP contribution in [0.25, 0.3) is 31.3 Å². The third kappa shape index (κ3) is 4.40. The van der Waals surface area contributed by atoms with Gasteiger partial charge in [-0.05, 0) is 70.3 Å². The first-order valence-electron chi connectivity index (χ1n) is 17.9. The van der Waals surface area contributed by atoms with Gasteiger partial charge in [-0.1, -0.05) is 140 Å². The Morgan fingerprint density at radius 2 is 1.11 bits per heavy atom. The monoisotopic (exact) mass is 697 g/mol. The van der Waals surface area contributed by atoms with Crippen LogP contribution < -0.4 is 14.4 Å². The molecule has 0 atom stereocenters. The van der Waals surface area contributed by atoms with Crippen LogP contribution in [-0.2, 0) is 5.41 Å². The molecule has 4 heteroatoms. The highest BCUT2D eigenvalue weighted by molar-refractivity contribution is 7.26. The summed E-state index contributed by atoms with van der Waals surface area (Å²) in [6.45, 7) is 0. The maximum absolute atomic E-state index is 6.96. The number of hydrogen-bond donors (Lipinski definition) is 0. The molecule has 0 amide bonds. The molecule has 0 N–H and O–H groups in total. The number of anilines is 3. The summed E-state index contributed by atoms with van der Waals surface area (Å²) in [5, 5.41) is 2.53. The Morgan fingerprint density at radius 3 is 1.91 bits per heavy atom. The Labute approximate surface area is 311 Å². The largest absolute Gasteiger partial charge is 0.449 e. The molecule has 3 nitrogen and oxygen atoms in total. The van der Waals surface area contributed by atoms with E-state index in [0.29, 0.717) is 17.2 Å². The Bertz CT molecular complexity index is 2810. The molecule has 53 heavy (non-hydrogen) atoms. The van der Waals surface area contributed by atoms with E-state index in [0.717, 1.165) is 33.9 Å². The van der Waals surface area contributed by atoms with Gasteiger partial charge in [0.15, 0.2) is 23.0 Å². The molecule has 0 saturated carbocycles. The highest BCUT2D eigenvalue weighted by Crippen LogP contribution is 2.62. The molecule has 0 saturated heterocycles. The zero-order valence-corrected chi connectivity index (χ0v) is 29.4. The molecular formula is C49H31NO2S. The zero-order valence-electron chi connectivity index (χ0n) is 28.6. The van der Waals surface area contributed by atoms with E-state index in [9.17, 15) is 0 Å². The van der Waals surface area contributed by atoms with Crippen LogP contribution in [0.5, 0.6) is 23.0 Å². The Morgan fingerprint density at radius 1 is 0.453 bits per heavy atom. The molecule has 0 fully saturated rings. The fourth-order valence-corrected chi connectivity index (χ4v) is 9.81. The average Bonchev–Trinajstić information content (AvgIpc) is 3.76. The fourth-order valence-electron chi connectivity index (χ4n) is 8.60. The number of rotatable bonds is 5. The average molecular weight is 698 g/mol. The summed E-state index contributed by atoms with van der Waals surface area (Å²) in [6, 6.07) is 66.8. The van der Waals surface area contributed by atoms with Crippen LogP contribution in [0.3, 0.4) is 0 Å². The van der Waals surface area contributed by atoms with Gasteiger partial charge in [0.1, 0.15) is 0 Å². The van der Waals surface area contributed by atoms with Gasteiger partial charge in [0.2, 0.25) is 0 Å². The molecule has 0 spiro atoms. The maximum atomic E-state index is 6.96. The van der Waals surface area contributed by atoms with Gasteiger partial charge in [-0.25, -0.2) is 0 Å². The third-order valence-electron chi connectivity index (χ3n) is 10.8. The molecule has 11 rings (SSSR count). The first-order chi connectivity index (χ1) is 26.3. The second-order valence-corrected chi connectivity index (χ2v) is 14.7. The van der Waals surface area contributed by atoms with Crippen molar-refractivity contribution in [2.45, 2.75) is 5.41 Å². The summed E-state index contributed by atoms with van der Waals surface area (Å²) in [4.78, 5) is 2.32. The number of nitrogens with zero attached hydrogens (tertiary/aromatic N) is 1. The quantitative estimate of drug-likeness (QED) is 0.179. The van der Waals surface area contributed by atoms with Gasteiger partial charge in [-0.15, -0.1) is 11.3 Å². The van der Waals surface area contributed by atoms with Gasteiger partial charge < -0.3 is 14.4 Å². The van der Waals surface area contributed by atoms with Crippen molar-refractivity contribution in [3.05, 3.63) is 210 Å². The van der Waals surface area contributed by atoms with Crippen LogP contribution in [0, 0.1) is 0 Å². The third-order valence-corrected chi connectivity index (χ3v) is 12.0. The minimum atomic E-state index is -0.513. The summed E-state index contributed by atoms with van der Waals surface area (Å²) in [5.41, 5.74) is 9.76. The first kappa shape index (κ1) is 30.0. The number of benzene rings is 8. The van der Waals surface area contributed by atoms with Crippen molar-refractivity contribution in [2.24, 2.45) is 0 Å². The van der Waals surface area contributed by atoms with E-state index < -0.39 is 5.41 Å². The van der Waals surface area contributed by atoms with E-state index in [2.05, 4.69) is 193 Å². The van der Waals surface area contributed by atoms with Crippen molar-refractivity contribution < 1.29 is 9.47 Å². The van der Waals surface area contributed by atoms with Gasteiger partial charge in [0, 0.05) is 32.8 Å². The summed E-state index contributed by atoms with van der Waals surface area (Å²) in [5.74, 6) is 2.83. The number of fused-ring (bicyclic) bond motifs is 9. The SMILES string of the molecule is c1ccc(N(c2ccc3c(c2)Oc2ccc4c(c2O3)-c2ccccc2C4(c2ccccc2)c2ccccc2)c2cccc3c2sc2ccccc23)cc1. The molecule has 2 aliphatic rings. The molecule has 8 aromatic carbocycles.